The minimum absolute atomic E-state index is 0.202. The number of hydrogen-bond donors (Lipinski definition) is 2. The molecule has 1 atom stereocenters. The number of aliphatic carboxylic acids is 1. The summed E-state index contributed by atoms with van der Waals surface area (Å²) in [5.41, 5.74) is 9.35. The maximum absolute atomic E-state index is 13.8. The number of methoxy groups -OCH3 is 1. The predicted octanol–water partition coefficient (Wildman–Crippen LogP) is 7.37. The molecule has 0 aliphatic carbocycles. The van der Waals surface area contributed by atoms with Gasteiger partial charge in [-0.2, -0.15) is 0 Å². The Morgan fingerprint density at radius 1 is 1.08 bits per heavy atom. The van der Waals surface area contributed by atoms with Gasteiger partial charge in [-0.25, -0.2) is 9.18 Å². The molecular formula is C40H55FN4O4. The number of pyridine rings is 1. The summed E-state index contributed by atoms with van der Waals surface area (Å²) in [4.78, 5) is 23.0. The van der Waals surface area contributed by atoms with Crippen molar-refractivity contribution in [3.05, 3.63) is 81.4 Å². The van der Waals surface area contributed by atoms with Crippen molar-refractivity contribution in [2.75, 3.05) is 44.8 Å². The Bertz CT molecular complexity index is 1640. The fourth-order valence-corrected chi connectivity index (χ4v) is 7.12. The fourth-order valence-electron chi connectivity index (χ4n) is 7.12. The average Bonchev–Trinajstić information content (AvgIpc) is 3.02. The highest BCUT2D eigenvalue weighted by molar-refractivity contribution is 5.88. The molecular weight excluding hydrogens is 619 g/mol. The smallest absolute Gasteiger partial charge is 0.337 e. The molecule has 2 aliphatic rings. The molecule has 3 aromatic rings. The minimum Gasteiger partial charge on any atom is -0.479 e. The zero-order valence-electron chi connectivity index (χ0n) is 30.7. The van der Waals surface area contributed by atoms with E-state index in [4.69, 9.17) is 14.5 Å². The van der Waals surface area contributed by atoms with Crippen molar-refractivity contribution in [2.45, 2.75) is 99.1 Å². The summed E-state index contributed by atoms with van der Waals surface area (Å²) >= 11 is 0. The minimum atomic E-state index is -1.17. The second-order valence-electron chi connectivity index (χ2n) is 15.6. The zero-order valence-corrected chi connectivity index (χ0v) is 30.7. The summed E-state index contributed by atoms with van der Waals surface area (Å²) in [6.07, 6.45) is 1.71. The van der Waals surface area contributed by atoms with Crippen LogP contribution in [0.5, 0.6) is 0 Å². The number of hydrogen-bond acceptors (Lipinski definition) is 7. The van der Waals surface area contributed by atoms with Crippen LogP contribution >= 0.6 is 0 Å². The van der Waals surface area contributed by atoms with Crippen molar-refractivity contribution in [3.8, 4) is 11.1 Å². The van der Waals surface area contributed by atoms with Gasteiger partial charge in [0.1, 0.15) is 5.82 Å². The lowest BCUT2D eigenvalue weighted by atomic mass is 9.81. The molecule has 0 bridgehead atoms. The number of carboxylic acid groups (broad SMARTS) is 1. The third-order valence-corrected chi connectivity index (χ3v) is 9.92. The number of aromatic nitrogens is 1. The molecule has 0 amide bonds. The number of piperidine rings is 1. The molecule has 2 N–H and O–H groups in total. The number of rotatable bonds is 12. The second-order valence-corrected chi connectivity index (χ2v) is 15.6. The highest BCUT2D eigenvalue weighted by Crippen LogP contribution is 2.45. The first-order chi connectivity index (χ1) is 23.2. The summed E-state index contributed by atoms with van der Waals surface area (Å²) < 4.78 is 25.4. The van der Waals surface area contributed by atoms with Gasteiger partial charge in [0.2, 0.25) is 0 Å². The van der Waals surface area contributed by atoms with Crippen LogP contribution in [-0.2, 0) is 40.3 Å². The van der Waals surface area contributed by atoms with Gasteiger partial charge in [0.05, 0.1) is 23.6 Å². The SMILES string of the molecule is COCCNCc1nc(C)c([C@H](OC(C)(C)C)C(=O)O)c(N2CCC(C)(C)CC2)c1-c1ccc2c(c1)CCN(Cc1ccc(F)cc1C)C2. The van der Waals surface area contributed by atoms with Gasteiger partial charge in [0.15, 0.2) is 6.10 Å². The highest BCUT2D eigenvalue weighted by atomic mass is 19.1. The molecule has 0 spiro atoms. The van der Waals surface area contributed by atoms with E-state index in [0.29, 0.717) is 31.0 Å². The van der Waals surface area contributed by atoms with E-state index in [1.165, 1.54) is 11.1 Å². The predicted molar refractivity (Wildman–Crippen MR) is 193 cm³/mol. The van der Waals surface area contributed by atoms with E-state index >= 15 is 0 Å². The Morgan fingerprint density at radius 3 is 2.47 bits per heavy atom. The number of ether oxygens (including phenoxy) is 2. The molecule has 49 heavy (non-hydrogen) atoms. The Kier molecular flexibility index (Phi) is 11.5. The quantitative estimate of drug-likeness (QED) is 0.193. The fraction of sp³-hybridized carbons (Fsp3) is 0.550. The summed E-state index contributed by atoms with van der Waals surface area (Å²) in [7, 11) is 1.69. The maximum Gasteiger partial charge on any atom is 0.337 e. The molecule has 2 aliphatic heterocycles. The topological polar surface area (TPSA) is 87.2 Å². The molecule has 0 unspecified atom stereocenters. The van der Waals surface area contributed by atoms with Gasteiger partial charge in [-0.15, -0.1) is 0 Å². The molecule has 0 radical (unpaired) electrons. The largest absolute Gasteiger partial charge is 0.479 e. The molecule has 266 valence electrons. The van der Waals surface area contributed by atoms with Gasteiger partial charge in [0, 0.05) is 69.7 Å². The average molecular weight is 675 g/mol. The first-order valence-electron chi connectivity index (χ1n) is 17.6. The van der Waals surface area contributed by atoms with E-state index in [0.717, 1.165) is 85.6 Å². The number of carbonyl (C=O) groups is 1. The number of nitrogens with one attached hydrogen (secondary N) is 1. The highest BCUT2D eigenvalue weighted by Gasteiger charge is 2.37. The molecule has 9 heteroatoms. The van der Waals surface area contributed by atoms with Crippen LogP contribution < -0.4 is 10.2 Å². The van der Waals surface area contributed by atoms with Gasteiger partial charge in [-0.1, -0.05) is 38.1 Å². The number of aryl methyl sites for hydroxylation is 2. The van der Waals surface area contributed by atoms with Crippen LogP contribution in [-0.4, -0.2) is 66.5 Å². The first-order valence-corrected chi connectivity index (χ1v) is 17.6. The van der Waals surface area contributed by atoms with Crippen LogP contribution in [0, 0.1) is 25.1 Å². The maximum atomic E-state index is 13.8. The molecule has 1 aromatic heterocycles. The van der Waals surface area contributed by atoms with Crippen molar-refractivity contribution in [1.82, 2.24) is 15.2 Å². The lowest BCUT2D eigenvalue weighted by Crippen LogP contribution is -2.39. The van der Waals surface area contributed by atoms with Crippen LogP contribution in [0.2, 0.25) is 0 Å². The normalized spacial score (nSPS) is 17.2. The van der Waals surface area contributed by atoms with Gasteiger partial charge < -0.3 is 24.8 Å². The molecule has 8 nitrogen and oxygen atoms in total. The Hall–Kier alpha value is -3.37. The Labute approximate surface area is 292 Å². The van der Waals surface area contributed by atoms with Crippen molar-refractivity contribution < 1.29 is 23.8 Å². The monoisotopic (exact) mass is 674 g/mol. The molecule has 1 saturated heterocycles. The number of anilines is 1. The van der Waals surface area contributed by atoms with Crippen molar-refractivity contribution in [1.29, 1.82) is 0 Å². The van der Waals surface area contributed by atoms with Crippen LogP contribution in [0.15, 0.2) is 36.4 Å². The summed E-state index contributed by atoms with van der Waals surface area (Å²) in [5, 5.41) is 14.2. The van der Waals surface area contributed by atoms with E-state index in [1.807, 2.05) is 40.7 Å². The van der Waals surface area contributed by atoms with E-state index in [2.05, 4.69) is 47.2 Å². The number of fused-ring (bicyclic) bond motifs is 1. The molecule has 2 aromatic carbocycles. The van der Waals surface area contributed by atoms with E-state index in [-0.39, 0.29) is 11.2 Å². The lowest BCUT2D eigenvalue weighted by molar-refractivity contribution is -0.160. The van der Waals surface area contributed by atoms with E-state index in [9.17, 15) is 14.3 Å². The lowest BCUT2D eigenvalue weighted by Gasteiger charge is -2.41. The van der Waals surface area contributed by atoms with Gasteiger partial charge >= 0.3 is 5.97 Å². The second kappa shape index (κ2) is 15.3. The number of benzene rings is 2. The van der Waals surface area contributed by atoms with Crippen LogP contribution in [0.4, 0.5) is 10.1 Å². The van der Waals surface area contributed by atoms with Crippen molar-refractivity contribution in [3.63, 3.8) is 0 Å². The molecule has 1 fully saturated rings. The molecule has 5 rings (SSSR count). The van der Waals surface area contributed by atoms with Crippen molar-refractivity contribution in [2.24, 2.45) is 5.41 Å². The third kappa shape index (κ3) is 9.06. The van der Waals surface area contributed by atoms with Gasteiger partial charge in [-0.3, -0.25) is 9.88 Å². The third-order valence-electron chi connectivity index (χ3n) is 9.92. The van der Waals surface area contributed by atoms with Crippen molar-refractivity contribution >= 4 is 11.7 Å². The Morgan fingerprint density at radius 2 is 1.82 bits per heavy atom. The van der Waals surface area contributed by atoms with Gasteiger partial charge in [-0.05, 0) is 99.2 Å². The number of carboxylic acids is 1. The summed E-state index contributed by atoms with van der Waals surface area (Å²) in [6.45, 7) is 20.1. The van der Waals surface area contributed by atoms with Crippen LogP contribution in [0.3, 0.4) is 0 Å². The first kappa shape index (κ1) is 36.9. The standard InChI is InChI=1S/C40H55FN4O4/c1-26-21-32(41)12-11-30(26)24-44-17-13-28-22-29(9-10-31(28)25-44)35-33(23-42-16-20-48-8)43-27(2)34(37(38(46)47)49-39(3,4)5)36(35)45-18-14-40(6,7)15-19-45/h9-12,21-22,37,42H,13-20,23-25H2,1-8H3,(H,46,47)/t37-/m0/s1. The van der Waals surface area contributed by atoms with E-state index in [1.54, 1.807) is 19.2 Å². The summed E-state index contributed by atoms with van der Waals surface area (Å²) in [5.74, 6) is -1.22. The van der Waals surface area contributed by atoms with Gasteiger partial charge in [0.25, 0.3) is 0 Å². The van der Waals surface area contributed by atoms with Crippen LogP contribution in [0.25, 0.3) is 11.1 Å². The van der Waals surface area contributed by atoms with E-state index < -0.39 is 17.7 Å². The van der Waals surface area contributed by atoms with Crippen LogP contribution in [0.1, 0.15) is 92.8 Å². The number of nitrogens with zero attached hydrogens (tertiary/aromatic N) is 3. The zero-order chi connectivity index (χ0) is 35.5. The molecule has 0 saturated carbocycles. The summed E-state index contributed by atoms with van der Waals surface area (Å²) in [6, 6.07) is 11.7. The molecule has 3 heterocycles. The Balaban J connectivity index is 1.62. The number of halogens is 1.